The number of carbonyl (C=O) groups is 4. The second-order valence-electron chi connectivity index (χ2n) is 8.88. The molecule has 0 saturated heterocycles. The number of carboxylic acid groups (broad SMARTS) is 1. The number of rotatable bonds is 8. The van der Waals surface area contributed by atoms with Crippen LogP contribution in [-0.4, -0.2) is 54.3 Å². The third kappa shape index (κ3) is 4.99. The maximum atomic E-state index is 13.1. The van der Waals surface area contributed by atoms with E-state index < -0.39 is 41.9 Å². The minimum absolute atomic E-state index is 0.0949. The summed E-state index contributed by atoms with van der Waals surface area (Å²) in [6, 6.07) is 14.5. The average Bonchev–Trinajstić information content (AvgIpc) is 3.45. The highest BCUT2D eigenvalue weighted by Crippen LogP contribution is 2.44. The third-order valence-corrected chi connectivity index (χ3v) is 6.78. The second kappa shape index (κ2) is 10.2. The van der Waals surface area contributed by atoms with Gasteiger partial charge in [-0.2, -0.15) is 0 Å². The van der Waals surface area contributed by atoms with E-state index in [0.29, 0.717) is 25.7 Å². The Kier molecular flexibility index (Phi) is 7.04. The molecule has 0 aliphatic heterocycles. The van der Waals surface area contributed by atoms with Crippen molar-refractivity contribution in [3.05, 3.63) is 59.7 Å². The van der Waals surface area contributed by atoms with Gasteiger partial charge in [0, 0.05) is 5.92 Å². The molecule has 9 nitrogen and oxygen atoms in total. The van der Waals surface area contributed by atoms with Crippen molar-refractivity contribution >= 4 is 23.9 Å². The van der Waals surface area contributed by atoms with Gasteiger partial charge in [0.15, 0.2) is 0 Å². The zero-order chi connectivity index (χ0) is 25.0. The lowest BCUT2D eigenvalue weighted by molar-refractivity contribution is -0.149. The van der Waals surface area contributed by atoms with Crippen molar-refractivity contribution in [3.63, 3.8) is 0 Å². The number of carboxylic acids is 1. The first kappa shape index (κ1) is 24.3. The van der Waals surface area contributed by atoms with Gasteiger partial charge in [-0.05, 0) is 35.1 Å². The van der Waals surface area contributed by atoms with Crippen molar-refractivity contribution in [3.8, 4) is 11.1 Å². The van der Waals surface area contributed by atoms with Crippen LogP contribution in [0.25, 0.3) is 11.1 Å². The number of nitrogens with one attached hydrogen (secondary N) is 2. The molecule has 3 N–H and O–H groups in total. The maximum Gasteiger partial charge on any atom is 0.408 e. The molecule has 1 fully saturated rings. The van der Waals surface area contributed by atoms with Gasteiger partial charge < -0.3 is 25.2 Å². The summed E-state index contributed by atoms with van der Waals surface area (Å²) in [7, 11) is 1.14. The van der Waals surface area contributed by atoms with Gasteiger partial charge in [-0.15, -0.1) is 0 Å². The molecule has 1 atom stereocenters. The van der Waals surface area contributed by atoms with Gasteiger partial charge >= 0.3 is 18.0 Å². The summed E-state index contributed by atoms with van der Waals surface area (Å²) in [5, 5.41) is 14.5. The normalized spacial score (nSPS) is 16.5. The molecule has 1 saturated carbocycles. The smallest absolute Gasteiger partial charge is 0.408 e. The number of aliphatic carboxylic acids is 1. The number of benzene rings is 2. The second-order valence-corrected chi connectivity index (χ2v) is 8.88. The maximum absolute atomic E-state index is 13.1. The highest BCUT2D eigenvalue weighted by molar-refractivity contribution is 5.94. The van der Waals surface area contributed by atoms with Gasteiger partial charge in [-0.25, -0.2) is 9.59 Å². The largest absolute Gasteiger partial charge is 0.480 e. The van der Waals surface area contributed by atoms with Crippen molar-refractivity contribution in [2.45, 2.75) is 49.6 Å². The number of hydrogen-bond donors (Lipinski definition) is 3. The molecule has 2 aliphatic carbocycles. The average molecular weight is 481 g/mol. The fourth-order valence-electron chi connectivity index (χ4n) is 4.96. The minimum atomic E-state index is -1.46. The van der Waals surface area contributed by atoms with Gasteiger partial charge in [-0.1, -0.05) is 61.4 Å². The van der Waals surface area contributed by atoms with E-state index in [1.165, 1.54) is 0 Å². The van der Waals surface area contributed by atoms with Crippen LogP contribution in [0.3, 0.4) is 0 Å². The van der Waals surface area contributed by atoms with E-state index in [4.69, 9.17) is 4.74 Å². The Morgan fingerprint density at radius 1 is 1.00 bits per heavy atom. The highest BCUT2D eigenvalue weighted by atomic mass is 16.5. The Labute approximate surface area is 202 Å². The van der Waals surface area contributed by atoms with Gasteiger partial charge in [-0.3, -0.25) is 9.59 Å². The molecular weight excluding hydrogens is 452 g/mol. The number of amides is 2. The van der Waals surface area contributed by atoms with Crippen molar-refractivity contribution in [1.29, 1.82) is 0 Å². The lowest BCUT2D eigenvalue weighted by Crippen LogP contribution is -2.60. The minimum Gasteiger partial charge on any atom is -0.480 e. The van der Waals surface area contributed by atoms with Crippen LogP contribution < -0.4 is 10.6 Å². The fourth-order valence-corrected chi connectivity index (χ4v) is 4.96. The van der Waals surface area contributed by atoms with E-state index in [1.807, 2.05) is 48.5 Å². The van der Waals surface area contributed by atoms with Crippen LogP contribution in [0.5, 0.6) is 0 Å². The number of carbonyl (C=O) groups excluding carboxylic acids is 3. The Balaban J connectivity index is 1.44. The Morgan fingerprint density at radius 2 is 1.57 bits per heavy atom. The third-order valence-electron chi connectivity index (χ3n) is 6.78. The Morgan fingerprint density at radius 3 is 2.11 bits per heavy atom. The van der Waals surface area contributed by atoms with Crippen LogP contribution in [0.2, 0.25) is 0 Å². The lowest BCUT2D eigenvalue weighted by Gasteiger charge is -2.30. The number of methoxy groups -OCH3 is 1. The first-order chi connectivity index (χ1) is 16.8. The number of ether oxygens (including phenoxy) is 2. The molecule has 0 spiro atoms. The molecule has 184 valence electrons. The molecule has 2 aromatic rings. The van der Waals surface area contributed by atoms with Crippen LogP contribution in [0.15, 0.2) is 48.5 Å². The zero-order valence-electron chi connectivity index (χ0n) is 19.4. The number of esters is 1. The first-order valence-electron chi connectivity index (χ1n) is 11.6. The highest BCUT2D eigenvalue weighted by Gasteiger charge is 2.44. The van der Waals surface area contributed by atoms with Gasteiger partial charge in [0.2, 0.25) is 5.91 Å². The van der Waals surface area contributed by atoms with Crippen molar-refractivity contribution in [1.82, 2.24) is 10.6 Å². The van der Waals surface area contributed by atoms with Crippen LogP contribution >= 0.6 is 0 Å². The van der Waals surface area contributed by atoms with E-state index in [-0.39, 0.29) is 12.5 Å². The predicted octanol–water partition coefficient (Wildman–Crippen LogP) is 2.97. The predicted molar refractivity (Wildman–Crippen MR) is 126 cm³/mol. The van der Waals surface area contributed by atoms with Crippen molar-refractivity contribution < 1.29 is 33.8 Å². The topological polar surface area (TPSA) is 131 Å². The molecule has 0 aromatic heterocycles. The Hall–Kier alpha value is -3.88. The number of hydrogen-bond acceptors (Lipinski definition) is 6. The van der Waals surface area contributed by atoms with E-state index in [9.17, 15) is 24.3 Å². The summed E-state index contributed by atoms with van der Waals surface area (Å²) in [5.41, 5.74) is 3.05. The fraction of sp³-hybridized carbons (Fsp3) is 0.385. The number of fused-ring (bicyclic) bond motifs is 3. The number of alkyl carbamates (subject to hydrolysis) is 1. The monoisotopic (exact) mass is 480 g/mol. The molecule has 0 heterocycles. The molecule has 2 aromatic carbocycles. The molecule has 35 heavy (non-hydrogen) atoms. The van der Waals surface area contributed by atoms with Gasteiger partial charge in [0.05, 0.1) is 13.5 Å². The standard InChI is InChI=1S/C26H28N2O7/c1-34-22(29)14-21(23(30)31)27-24(32)26(12-6-7-13-26)28-25(33)35-15-20-18-10-4-2-8-16(18)17-9-3-5-11-19(17)20/h2-5,8-11,20-21H,6-7,12-15H2,1H3,(H,27,32)(H,28,33)(H,30,31)/t21-/m0/s1. The van der Waals surface area contributed by atoms with Crippen molar-refractivity contribution in [2.24, 2.45) is 0 Å². The quantitative estimate of drug-likeness (QED) is 0.495. The van der Waals surface area contributed by atoms with Crippen LogP contribution in [-0.2, 0) is 23.9 Å². The molecule has 2 aliphatic rings. The van der Waals surface area contributed by atoms with Gasteiger partial charge in [0.25, 0.3) is 0 Å². The SMILES string of the molecule is COC(=O)C[C@H](NC(=O)C1(NC(=O)OCC2c3ccccc3-c3ccccc32)CCCC1)C(=O)O. The summed E-state index contributed by atoms with van der Waals surface area (Å²) >= 11 is 0. The Bertz CT molecular complexity index is 1090. The van der Waals surface area contributed by atoms with Crippen molar-refractivity contribution in [2.75, 3.05) is 13.7 Å². The van der Waals surface area contributed by atoms with Crippen LogP contribution in [0, 0.1) is 0 Å². The van der Waals surface area contributed by atoms with E-state index in [1.54, 1.807) is 0 Å². The molecule has 0 radical (unpaired) electrons. The molecule has 0 unspecified atom stereocenters. The molecular formula is C26H28N2O7. The molecule has 9 heteroatoms. The van der Waals surface area contributed by atoms with E-state index in [0.717, 1.165) is 29.4 Å². The lowest BCUT2D eigenvalue weighted by atomic mass is 9.95. The zero-order valence-corrected chi connectivity index (χ0v) is 19.4. The first-order valence-corrected chi connectivity index (χ1v) is 11.6. The van der Waals surface area contributed by atoms with Gasteiger partial charge in [0.1, 0.15) is 18.2 Å². The summed E-state index contributed by atoms with van der Waals surface area (Å²) in [6.07, 6.45) is 0.793. The van der Waals surface area contributed by atoms with Crippen LogP contribution in [0.1, 0.15) is 49.1 Å². The summed E-state index contributed by atoms with van der Waals surface area (Å²) in [5.74, 6) is -2.90. The van der Waals surface area contributed by atoms with E-state index in [2.05, 4.69) is 15.4 Å². The summed E-state index contributed by atoms with van der Waals surface area (Å²) in [6.45, 7) is 0.0949. The van der Waals surface area contributed by atoms with Crippen LogP contribution in [0.4, 0.5) is 4.79 Å². The summed E-state index contributed by atoms with van der Waals surface area (Å²) in [4.78, 5) is 49.0. The molecule has 4 rings (SSSR count). The van der Waals surface area contributed by atoms with E-state index >= 15 is 0 Å². The summed E-state index contributed by atoms with van der Waals surface area (Å²) < 4.78 is 10.1. The molecule has 2 amide bonds. The molecule has 0 bridgehead atoms.